The third kappa shape index (κ3) is 5.30. The van der Waals surface area contributed by atoms with Crippen LogP contribution < -0.4 is 16.0 Å². The van der Waals surface area contributed by atoms with Gasteiger partial charge in [-0.05, 0) is 37.6 Å². The molecule has 140 valence electrons. The van der Waals surface area contributed by atoms with E-state index in [0.717, 1.165) is 12.8 Å². The highest BCUT2D eigenvalue weighted by Crippen LogP contribution is 2.16. The van der Waals surface area contributed by atoms with E-state index in [1.165, 1.54) is 0 Å². The Bertz CT molecular complexity index is 687. The van der Waals surface area contributed by atoms with Crippen molar-refractivity contribution in [1.82, 2.24) is 10.6 Å². The summed E-state index contributed by atoms with van der Waals surface area (Å²) in [5.41, 5.74) is 0.912. The average Bonchev–Trinajstić information content (AvgIpc) is 2.59. The lowest BCUT2D eigenvalue weighted by Crippen LogP contribution is -2.57. The first-order chi connectivity index (χ1) is 12.4. The van der Waals surface area contributed by atoms with Gasteiger partial charge in [0, 0.05) is 18.2 Å². The summed E-state index contributed by atoms with van der Waals surface area (Å²) >= 11 is 0. The minimum atomic E-state index is -0.638. The fraction of sp³-hybridized carbons (Fsp3) is 0.444. The number of esters is 1. The minimum Gasteiger partial charge on any atom is -0.462 e. The van der Waals surface area contributed by atoms with Crippen molar-refractivity contribution in [1.29, 1.82) is 0 Å². The molecule has 1 heterocycles. The van der Waals surface area contributed by atoms with Gasteiger partial charge in [-0.15, -0.1) is 0 Å². The van der Waals surface area contributed by atoms with Crippen LogP contribution in [0.25, 0.3) is 0 Å². The number of carbonyl (C=O) groups excluding carboxylic acids is 4. The van der Waals surface area contributed by atoms with E-state index in [4.69, 9.17) is 4.74 Å². The molecule has 1 aliphatic heterocycles. The van der Waals surface area contributed by atoms with Gasteiger partial charge >= 0.3 is 12.0 Å². The van der Waals surface area contributed by atoms with Gasteiger partial charge in [0.05, 0.1) is 18.1 Å². The number of ether oxygens (including phenoxy) is 1. The molecular formula is C18H23N3O5. The molecule has 2 rings (SSSR count). The summed E-state index contributed by atoms with van der Waals surface area (Å²) in [5.74, 6) is -1.87. The molecule has 2 unspecified atom stereocenters. The maximum Gasteiger partial charge on any atom is 0.338 e. The first-order valence-electron chi connectivity index (χ1n) is 8.59. The summed E-state index contributed by atoms with van der Waals surface area (Å²) < 4.78 is 5.12. The Hall–Kier alpha value is -2.90. The smallest absolute Gasteiger partial charge is 0.338 e. The van der Waals surface area contributed by atoms with E-state index in [-0.39, 0.29) is 12.3 Å². The predicted molar refractivity (Wildman–Crippen MR) is 94.5 cm³/mol. The lowest BCUT2D eigenvalue weighted by atomic mass is 9.94. The molecule has 1 aromatic carbocycles. The molecule has 0 spiro atoms. The molecule has 8 heteroatoms. The molecule has 26 heavy (non-hydrogen) atoms. The van der Waals surface area contributed by atoms with E-state index in [0.29, 0.717) is 17.9 Å². The molecule has 0 aliphatic carbocycles. The molecule has 4 amide bonds. The standard InChI is InChI=1S/C18H23N3O5/c1-3-4-9-26-17(24)12-5-7-13(8-6-12)20-15(22)10-14-11(2)19-18(25)21-16(14)23/h5-8,11,14H,3-4,9-10H2,1-2H3,(H,20,22)(H2,19,21,23,25). The van der Waals surface area contributed by atoms with E-state index in [1.54, 1.807) is 31.2 Å². The molecule has 0 aromatic heterocycles. The van der Waals surface area contributed by atoms with Crippen LogP contribution in [0.2, 0.25) is 0 Å². The van der Waals surface area contributed by atoms with Crippen LogP contribution in [-0.4, -0.2) is 36.5 Å². The van der Waals surface area contributed by atoms with E-state index in [9.17, 15) is 19.2 Å². The minimum absolute atomic E-state index is 0.0614. The maximum absolute atomic E-state index is 12.2. The largest absolute Gasteiger partial charge is 0.462 e. The van der Waals surface area contributed by atoms with Gasteiger partial charge in [-0.2, -0.15) is 0 Å². The fourth-order valence-corrected chi connectivity index (χ4v) is 2.54. The van der Waals surface area contributed by atoms with Crippen molar-refractivity contribution >= 4 is 29.5 Å². The van der Waals surface area contributed by atoms with Crippen molar-refractivity contribution in [3.63, 3.8) is 0 Å². The molecule has 0 saturated carbocycles. The SMILES string of the molecule is CCCCOC(=O)c1ccc(NC(=O)CC2C(=O)NC(=O)NC2C)cc1. The van der Waals surface area contributed by atoms with Gasteiger partial charge < -0.3 is 15.4 Å². The van der Waals surface area contributed by atoms with Crippen LogP contribution >= 0.6 is 0 Å². The normalized spacial score (nSPS) is 19.3. The lowest BCUT2D eigenvalue weighted by Gasteiger charge is -2.28. The highest BCUT2D eigenvalue weighted by Gasteiger charge is 2.34. The van der Waals surface area contributed by atoms with E-state index in [1.807, 2.05) is 6.92 Å². The van der Waals surface area contributed by atoms with Gasteiger partial charge in [-0.25, -0.2) is 9.59 Å². The molecule has 1 aromatic rings. The summed E-state index contributed by atoms with van der Waals surface area (Å²) in [6.45, 7) is 4.07. The van der Waals surface area contributed by atoms with Crippen molar-refractivity contribution < 1.29 is 23.9 Å². The third-order valence-corrected chi connectivity index (χ3v) is 4.08. The Kier molecular flexibility index (Phi) is 6.71. The Labute approximate surface area is 151 Å². The van der Waals surface area contributed by atoms with E-state index in [2.05, 4.69) is 16.0 Å². The van der Waals surface area contributed by atoms with Gasteiger partial charge in [0.1, 0.15) is 0 Å². The number of urea groups is 1. The lowest BCUT2D eigenvalue weighted by molar-refractivity contribution is -0.129. The van der Waals surface area contributed by atoms with E-state index < -0.39 is 29.9 Å². The van der Waals surface area contributed by atoms with Crippen LogP contribution in [0.3, 0.4) is 0 Å². The Balaban J connectivity index is 1.88. The highest BCUT2D eigenvalue weighted by molar-refractivity contribution is 6.01. The molecule has 3 N–H and O–H groups in total. The highest BCUT2D eigenvalue weighted by atomic mass is 16.5. The number of imide groups is 1. The number of rotatable bonds is 7. The zero-order valence-corrected chi connectivity index (χ0v) is 14.8. The van der Waals surface area contributed by atoms with Crippen molar-refractivity contribution in [2.24, 2.45) is 5.92 Å². The Morgan fingerprint density at radius 3 is 2.50 bits per heavy atom. The van der Waals surface area contributed by atoms with Gasteiger partial charge in [0.2, 0.25) is 11.8 Å². The van der Waals surface area contributed by atoms with Crippen LogP contribution in [0, 0.1) is 5.92 Å². The summed E-state index contributed by atoms with van der Waals surface area (Å²) in [6, 6.07) is 5.35. The van der Waals surface area contributed by atoms with Crippen molar-refractivity contribution in [2.75, 3.05) is 11.9 Å². The molecular weight excluding hydrogens is 338 g/mol. The van der Waals surface area contributed by atoms with Crippen LogP contribution in [0.5, 0.6) is 0 Å². The van der Waals surface area contributed by atoms with Crippen LogP contribution in [0.4, 0.5) is 10.5 Å². The van der Waals surface area contributed by atoms with Gasteiger partial charge in [0.25, 0.3) is 0 Å². The summed E-state index contributed by atoms with van der Waals surface area (Å²) in [4.78, 5) is 47.0. The molecule has 8 nitrogen and oxygen atoms in total. The summed E-state index contributed by atoms with van der Waals surface area (Å²) in [5, 5.41) is 7.39. The number of anilines is 1. The maximum atomic E-state index is 12.2. The predicted octanol–water partition coefficient (Wildman–Crippen LogP) is 1.82. The van der Waals surface area contributed by atoms with Crippen molar-refractivity contribution in [3.05, 3.63) is 29.8 Å². The van der Waals surface area contributed by atoms with Crippen LogP contribution in [0.1, 0.15) is 43.5 Å². The van der Waals surface area contributed by atoms with Gasteiger partial charge in [-0.1, -0.05) is 13.3 Å². The van der Waals surface area contributed by atoms with Crippen LogP contribution in [0.15, 0.2) is 24.3 Å². The number of unbranched alkanes of at least 4 members (excludes halogenated alkanes) is 1. The van der Waals surface area contributed by atoms with Gasteiger partial charge in [0.15, 0.2) is 0 Å². The molecule has 0 radical (unpaired) electrons. The number of nitrogens with one attached hydrogen (secondary N) is 3. The first-order valence-corrected chi connectivity index (χ1v) is 8.59. The Morgan fingerprint density at radius 2 is 1.88 bits per heavy atom. The van der Waals surface area contributed by atoms with Crippen LogP contribution in [-0.2, 0) is 14.3 Å². The van der Waals surface area contributed by atoms with Gasteiger partial charge in [-0.3, -0.25) is 14.9 Å². The van der Waals surface area contributed by atoms with E-state index >= 15 is 0 Å². The molecule has 1 aliphatic rings. The third-order valence-electron chi connectivity index (χ3n) is 4.08. The quantitative estimate of drug-likeness (QED) is 0.506. The second kappa shape index (κ2) is 8.98. The fourth-order valence-electron chi connectivity index (χ4n) is 2.54. The average molecular weight is 361 g/mol. The second-order valence-electron chi connectivity index (χ2n) is 6.18. The number of benzene rings is 1. The first kappa shape index (κ1) is 19.4. The number of hydrogen-bond donors (Lipinski definition) is 3. The molecule has 1 fully saturated rings. The number of carbonyl (C=O) groups is 4. The monoisotopic (exact) mass is 361 g/mol. The zero-order chi connectivity index (χ0) is 19.1. The summed E-state index contributed by atoms with van der Waals surface area (Å²) in [6.07, 6.45) is 1.70. The van der Waals surface area contributed by atoms with Crippen molar-refractivity contribution in [2.45, 2.75) is 39.2 Å². The zero-order valence-electron chi connectivity index (χ0n) is 14.8. The second-order valence-corrected chi connectivity index (χ2v) is 6.18. The molecule has 2 atom stereocenters. The molecule has 0 bridgehead atoms. The number of amides is 4. The topological polar surface area (TPSA) is 114 Å². The molecule has 1 saturated heterocycles. The Morgan fingerprint density at radius 1 is 1.19 bits per heavy atom. The summed E-state index contributed by atoms with van der Waals surface area (Å²) in [7, 11) is 0. The van der Waals surface area contributed by atoms with Crippen molar-refractivity contribution in [3.8, 4) is 0 Å². The number of hydrogen-bond acceptors (Lipinski definition) is 5.